The SMILES string of the molecule is C=Cc1cc([N+](=O)[O-])cc(Cl)c1N1CCC2(CC1)OCCO2. The van der Waals surface area contributed by atoms with E-state index in [1.807, 2.05) is 0 Å². The van der Waals surface area contributed by atoms with Crippen LogP contribution in [0.25, 0.3) is 6.08 Å². The van der Waals surface area contributed by atoms with E-state index in [1.165, 1.54) is 12.1 Å². The van der Waals surface area contributed by atoms with Crippen LogP contribution in [-0.2, 0) is 9.47 Å². The molecule has 0 N–H and O–H groups in total. The molecule has 7 heteroatoms. The lowest BCUT2D eigenvalue weighted by Crippen LogP contribution is -2.45. The highest BCUT2D eigenvalue weighted by molar-refractivity contribution is 6.34. The van der Waals surface area contributed by atoms with Gasteiger partial charge in [0.2, 0.25) is 0 Å². The van der Waals surface area contributed by atoms with Crippen LogP contribution in [0.15, 0.2) is 18.7 Å². The van der Waals surface area contributed by atoms with E-state index in [4.69, 9.17) is 21.1 Å². The molecule has 0 bridgehead atoms. The minimum atomic E-state index is -0.460. The predicted octanol–water partition coefficient (Wildman–Crippen LogP) is 3.23. The summed E-state index contributed by atoms with van der Waals surface area (Å²) in [6, 6.07) is 2.89. The summed E-state index contributed by atoms with van der Waals surface area (Å²) in [6.45, 7) is 6.45. The van der Waals surface area contributed by atoms with Gasteiger partial charge in [-0.3, -0.25) is 10.1 Å². The third kappa shape index (κ3) is 2.69. The summed E-state index contributed by atoms with van der Waals surface area (Å²) in [6.07, 6.45) is 3.09. The Labute approximate surface area is 133 Å². The van der Waals surface area contributed by atoms with Crippen molar-refractivity contribution in [1.29, 1.82) is 0 Å². The maximum absolute atomic E-state index is 10.9. The third-order valence-electron chi connectivity index (χ3n) is 4.16. The Hall–Kier alpha value is -1.63. The second kappa shape index (κ2) is 5.87. The Morgan fingerprint density at radius 1 is 1.32 bits per heavy atom. The van der Waals surface area contributed by atoms with Crippen molar-refractivity contribution in [3.05, 3.63) is 39.4 Å². The number of ether oxygens (including phenoxy) is 2. The molecule has 6 nitrogen and oxygen atoms in total. The largest absolute Gasteiger partial charge is 0.369 e. The van der Waals surface area contributed by atoms with Gasteiger partial charge in [-0.15, -0.1) is 0 Å². The molecule has 1 aromatic carbocycles. The van der Waals surface area contributed by atoms with Gasteiger partial charge in [0.1, 0.15) is 0 Å². The molecule has 0 radical (unpaired) electrons. The lowest BCUT2D eigenvalue weighted by Gasteiger charge is -2.39. The van der Waals surface area contributed by atoms with Crippen LogP contribution >= 0.6 is 11.6 Å². The van der Waals surface area contributed by atoms with Crippen LogP contribution in [0.3, 0.4) is 0 Å². The van der Waals surface area contributed by atoms with Gasteiger partial charge in [-0.1, -0.05) is 24.3 Å². The van der Waals surface area contributed by atoms with E-state index in [-0.39, 0.29) is 5.69 Å². The zero-order valence-electron chi connectivity index (χ0n) is 12.1. The lowest BCUT2D eigenvalue weighted by molar-refractivity contribution is -0.384. The predicted molar refractivity (Wildman–Crippen MR) is 84.3 cm³/mol. The van der Waals surface area contributed by atoms with Crippen molar-refractivity contribution in [3.8, 4) is 0 Å². The molecule has 118 valence electrons. The average Bonchev–Trinajstić information content (AvgIpc) is 2.96. The molecule has 2 saturated heterocycles. The van der Waals surface area contributed by atoms with Gasteiger partial charge in [0.15, 0.2) is 5.79 Å². The van der Waals surface area contributed by atoms with E-state index in [2.05, 4.69) is 11.5 Å². The van der Waals surface area contributed by atoms with Crippen LogP contribution in [0.4, 0.5) is 11.4 Å². The summed E-state index contributed by atoms with van der Waals surface area (Å²) in [4.78, 5) is 12.6. The molecule has 1 spiro atoms. The van der Waals surface area contributed by atoms with Crippen molar-refractivity contribution >= 4 is 29.1 Å². The number of benzene rings is 1. The number of nitro groups is 1. The van der Waals surface area contributed by atoms with Crippen molar-refractivity contribution in [1.82, 2.24) is 0 Å². The van der Waals surface area contributed by atoms with Gasteiger partial charge in [0.05, 0.1) is 28.8 Å². The lowest BCUT2D eigenvalue weighted by atomic mass is 10.0. The fraction of sp³-hybridized carbons (Fsp3) is 0.467. The van der Waals surface area contributed by atoms with Crippen LogP contribution in [0.5, 0.6) is 0 Å². The molecule has 2 aliphatic rings. The van der Waals surface area contributed by atoms with Crippen molar-refractivity contribution in [3.63, 3.8) is 0 Å². The summed E-state index contributed by atoms with van der Waals surface area (Å²) in [7, 11) is 0. The van der Waals surface area contributed by atoms with Gasteiger partial charge >= 0.3 is 0 Å². The highest BCUT2D eigenvalue weighted by Gasteiger charge is 2.40. The molecule has 1 aromatic rings. The van der Waals surface area contributed by atoms with Crippen LogP contribution < -0.4 is 4.90 Å². The van der Waals surface area contributed by atoms with Crippen LogP contribution in [0, 0.1) is 10.1 Å². The molecule has 0 aromatic heterocycles. The van der Waals surface area contributed by atoms with Crippen LogP contribution in [0.1, 0.15) is 18.4 Å². The van der Waals surface area contributed by atoms with E-state index >= 15 is 0 Å². The highest BCUT2D eigenvalue weighted by atomic mass is 35.5. The number of piperidine rings is 1. The second-order valence-electron chi connectivity index (χ2n) is 5.42. The van der Waals surface area contributed by atoms with E-state index < -0.39 is 10.7 Å². The maximum atomic E-state index is 10.9. The molecular weight excluding hydrogens is 308 g/mol. The summed E-state index contributed by atoms with van der Waals surface area (Å²) >= 11 is 6.29. The molecule has 3 rings (SSSR count). The number of rotatable bonds is 3. The maximum Gasteiger partial charge on any atom is 0.271 e. The molecule has 22 heavy (non-hydrogen) atoms. The number of hydrogen-bond acceptors (Lipinski definition) is 5. The summed E-state index contributed by atoms with van der Waals surface area (Å²) in [5.41, 5.74) is 1.43. The zero-order chi connectivity index (χ0) is 15.7. The first kappa shape index (κ1) is 15.3. The molecule has 2 heterocycles. The number of hydrogen-bond donors (Lipinski definition) is 0. The Morgan fingerprint density at radius 2 is 1.95 bits per heavy atom. The fourth-order valence-electron chi connectivity index (χ4n) is 3.06. The van der Waals surface area contributed by atoms with E-state index in [9.17, 15) is 10.1 Å². The van der Waals surface area contributed by atoms with Crippen LogP contribution in [0.2, 0.25) is 5.02 Å². The molecule has 0 amide bonds. The monoisotopic (exact) mass is 324 g/mol. The topological polar surface area (TPSA) is 64.8 Å². The Morgan fingerprint density at radius 3 is 2.50 bits per heavy atom. The van der Waals surface area contributed by atoms with E-state index in [1.54, 1.807) is 6.08 Å². The van der Waals surface area contributed by atoms with Gasteiger partial charge in [-0.25, -0.2) is 0 Å². The number of anilines is 1. The highest BCUT2D eigenvalue weighted by Crippen LogP contribution is 2.39. The number of halogens is 1. The minimum Gasteiger partial charge on any atom is -0.369 e. The minimum absolute atomic E-state index is 0.0282. The van der Waals surface area contributed by atoms with Crippen LogP contribution in [-0.4, -0.2) is 37.0 Å². The second-order valence-corrected chi connectivity index (χ2v) is 5.83. The van der Waals surface area contributed by atoms with Gasteiger partial charge in [-0.2, -0.15) is 0 Å². The Balaban J connectivity index is 1.86. The van der Waals surface area contributed by atoms with E-state index in [0.717, 1.165) is 31.6 Å². The normalized spacial score (nSPS) is 20.3. The summed E-state index contributed by atoms with van der Waals surface area (Å²) < 4.78 is 11.4. The van der Waals surface area contributed by atoms with E-state index in [0.29, 0.717) is 23.8 Å². The molecule has 0 aliphatic carbocycles. The van der Waals surface area contributed by atoms with Crippen molar-refractivity contribution in [2.45, 2.75) is 18.6 Å². The van der Waals surface area contributed by atoms with Crippen molar-refractivity contribution < 1.29 is 14.4 Å². The quantitative estimate of drug-likeness (QED) is 0.631. The average molecular weight is 325 g/mol. The number of nitro benzene ring substituents is 1. The molecular formula is C15H17ClN2O4. The van der Waals surface area contributed by atoms with Crippen molar-refractivity contribution in [2.24, 2.45) is 0 Å². The van der Waals surface area contributed by atoms with Gasteiger partial charge in [0, 0.05) is 43.6 Å². The zero-order valence-corrected chi connectivity index (χ0v) is 12.8. The van der Waals surface area contributed by atoms with Gasteiger partial charge < -0.3 is 14.4 Å². The Bertz CT molecular complexity index is 604. The van der Waals surface area contributed by atoms with Gasteiger partial charge in [0.25, 0.3) is 5.69 Å². The van der Waals surface area contributed by atoms with Crippen molar-refractivity contribution in [2.75, 3.05) is 31.2 Å². The fourth-order valence-corrected chi connectivity index (χ4v) is 3.40. The molecule has 2 fully saturated rings. The first-order valence-corrected chi connectivity index (χ1v) is 7.56. The number of non-ortho nitro benzene ring substituents is 1. The third-order valence-corrected chi connectivity index (χ3v) is 4.45. The summed E-state index contributed by atoms with van der Waals surface area (Å²) in [5.74, 6) is -0.460. The smallest absolute Gasteiger partial charge is 0.271 e. The number of nitrogens with zero attached hydrogens (tertiary/aromatic N) is 2. The molecule has 0 saturated carbocycles. The molecule has 0 atom stereocenters. The molecule has 2 aliphatic heterocycles. The Kier molecular flexibility index (Phi) is 4.08. The first-order valence-electron chi connectivity index (χ1n) is 7.18. The molecule has 0 unspecified atom stereocenters. The summed E-state index contributed by atoms with van der Waals surface area (Å²) in [5, 5.41) is 11.3. The standard InChI is InChI=1S/C15H17ClN2O4/c1-2-11-9-12(18(19)20)10-13(16)14(11)17-5-3-15(4-6-17)21-7-8-22-15/h2,9-10H,1,3-8H2. The first-order chi connectivity index (χ1) is 10.5. The van der Waals surface area contributed by atoms with Gasteiger partial charge in [-0.05, 0) is 0 Å².